The van der Waals surface area contributed by atoms with Gasteiger partial charge in [0.2, 0.25) is 5.89 Å². The van der Waals surface area contributed by atoms with E-state index in [9.17, 15) is 0 Å². The Balaban J connectivity index is 2.43. The van der Waals surface area contributed by atoms with Crippen LogP contribution >= 0.6 is 0 Å². The monoisotopic (exact) mass is 150 g/mol. The van der Waals surface area contributed by atoms with E-state index in [1.165, 1.54) is 0 Å². The van der Waals surface area contributed by atoms with Crippen LogP contribution < -0.4 is 0 Å². The van der Waals surface area contributed by atoms with E-state index in [-0.39, 0.29) is 0 Å². The van der Waals surface area contributed by atoms with E-state index in [1.807, 2.05) is 6.92 Å². The summed E-state index contributed by atoms with van der Waals surface area (Å²) in [5.41, 5.74) is 0. The molecule has 0 spiro atoms. The molecule has 3 heteroatoms. The largest absolute Gasteiger partial charge is 0.339 e. The molecule has 11 heavy (non-hydrogen) atoms. The van der Waals surface area contributed by atoms with Gasteiger partial charge in [-0.05, 0) is 13.8 Å². The van der Waals surface area contributed by atoms with Crippen LogP contribution in [0.15, 0.2) is 4.52 Å². The summed E-state index contributed by atoms with van der Waals surface area (Å²) in [7, 11) is 0. The Hall–Kier alpha value is -1.30. The Morgan fingerprint density at radius 2 is 2.36 bits per heavy atom. The number of hydrogen-bond donors (Lipinski definition) is 0. The zero-order valence-corrected chi connectivity index (χ0v) is 6.72. The molecule has 3 nitrogen and oxygen atoms in total. The van der Waals surface area contributed by atoms with Crippen molar-refractivity contribution in [2.45, 2.75) is 26.7 Å². The lowest BCUT2D eigenvalue weighted by Crippen LogP contribution is -1.82. The van der Waals surface area contributed by atoms with Crippen molar-refractivity contribution in [2.24, 2.45) is 0 Å². The second kappa shape index (κ2) is 3.77. The minimum Gasteiger partial charge on any atom is -0.339 e. The van der Waals surface area contributed by atoms with Crippen LogP contribution in [-0.4, -0.2) is 10.1 Å². The smallest absolute Gasteiger partial charge is 0.227 e. The SMILES string of the molecule is CC#CCCc1nc(C)no1. The summed E-state index contributed by atoms with van der Waals surface area (Å²) >= 11 is 0. The van der Waals surface area contributed by atoms with E-state index in [0.717, 1.165) is 12.8 Å². The average molecular weight is 150 g/mol. The zero-order valence-electron chi connectivity index (χ0n) is 6.72. The zero-order chi connectivity index (χ0) is 8.10. The summed E-state index contributed by atoms with van der Waals surface area (Å²) in [4.78, 5) is 4.04. The summed E-state index contributed by atoms with van der Waals surface area (Å²) in [5.74, 6) is 7.09. The van der Waals surface area contributed by atoms with Gasteiger partial charge in [0.25, 0.3) is 0 Å². The lowest BCUT2D eigenvalue weighted by Gasteiger charge is -1.82. The molecule has 1 rings (SSSR count). The normalized spacial score (nSPS) is 8.91. The van der Waals surface area contributed by atoms with Crippen LogP contribution in [0, 0.1) is 18.8 Å². The predicted octanol–water partition coefficient (Wildman–Crippen LogP) is 1.33. The van der Waals surface area contributed by atoms with Crippen LogP contribution in [0.5, 0.6) is 0 Å². The Morgan fingerprint density at radius 1 is 1.55 bits per heavy atom. The van der Waals surface area contributed by atoms with Crippen molar-refractivity contribution in [3.8, 4) is 11.8 Å². The third-order valence-corrected chi connectivity index (χ3v) is 1.21. The average Bonchev–Trinajstić information content (AvgIpc) is 2.37. The standard InChI is InChI=1S/C8H10N2O/c1-3-4-5-6-8-9-7(2)10-11-8/h5-6H2,1-2H3. The first-order chi connectivity index (χ1) is 5.33. The molecule has 0 bridgehead atoms. The highest BCUT2D eigenvalue weighted by molar-refractivity contribution is 4.97. The van der Waals surface area contributed by atoms with Gasteiger partial charge in [-0.15, -0.1) is 11.8 Å². The molecule has 0 atom stereocenters. The van der Waals surface area contributed by atoms with E-state index in [4.69, 9.17) is 4.52 Å². The first-order valence-corrected chi connectivity index (χ1v) is 3.51. The van der Waals surface area contributed by atoms with E-state index < -0.39 is 0 Å². The lowest BCUT2D eigenvalue weighted by atomic mass is 10.3. The van der Waals surface area contributed by atoms with Gasteiger partial charge in [-0.2, -0.15) is 4.98 Å². The van der Waals surface area contributed by atoms with Gasteiger partial charge < -0.3 is 4.52 Å². The molecule has 0 aliphatic heterocycles. The van der Waals surface area contributed by atoms with Crippen LogP contribution in [-0.2, 0) is 6.42 Å². The van der Waals surface area contributed by atoms with Crippen LogP contribution in [0.4, 0.5) is 0 Å². The first-order valence-electron chi connectivity index (χ1n) is 3.51. The third kappa shape index (κ3) is 2.42. The minimum atomic E-state index is 0.672. The maximum atomic E-state index is 4.88. The second-order valence-electron chi connectivity index (χ2n) is 2.16. The Bertz CT molecular complexity index is 280. The van der Waals surface area contributed by atoms with Gasteiger partial charge in [-0.25, -0.2) is 0 Å². The van der Waals surface area contributed by atoms with Crippen molar-refractivity contribution in [2.75, 3.05) is 0 Å². The predicted molar refractivity (Wildman–Crippen MR) is 40.8 cm³/mol. The lowest BCUT2D eigenvalue weighted by molar-refractivity contribution is 0.376. The van der Waals surface area contributed by atoms with Crippen LogP contribution in [0.2, 0.25) is 0 Å². The van der Waals surface area contributed by atoms with Gasteiger partial charge in [0, 0.05) is 12.8 Å². The van der Waals surface area contributed by atoms with E-state index in [0.29, 0.717) is 11.7 Å². The highest BCUT2D eigenvalue weighted by Gasteiger charge is 1.99. The molecule has 0 aromatic carbocycles. The van der Waals surface area contributed by atoms with Crippen molar-refractivity contribution in [1.82, 2.24) is 10.1 Å². The molecule has 1 aromatic heterocycles. The summed E-state index contributed by atoms with van der Waals surface area (Å²) in [6.45, 7) is 3.62. The molecular weight excluding hydrogens is 140 g/mol. The fraction of sp³-hybridized carbons (Fsp3) is 0.500. The van der Waals surface area contributed by atoms with Crippen molar-refractivity contribution in [3.05, 3.63) is 11.7 Å². The van der Waals surface area contributed by atoms with Gasteiger partial charge in [0.1, 0.15) is 0 Å². The maximum Gasteiger partial charge on any atom is 0.227 e. The van der Waals surface area contributed by atoms with Crippen LogP contribution in [0.25, 0.3) is 0 Å². The van der Waals surface area contributed by atoms with Gasteiger partial charge in [-0.1, -0.05) is 5.16 Å². The van der Waals surface area contributed by atoms with Crippen molar-refractivity contribution in [3.63, 3.8) is 0 Å². The molecule has 0 saturated carbocycles. The maximum absolute atomic E-state index is 4.88. The van der Waals surface area contributed by atoms with Crippen molar-refractivity contribution in [1.29, 1.82) is 0 Å². The molecule has 0 fully saturated rings. The van der Waals surface area contributed by atoms with Gasteiger partial charge in [0.05, 0.1) is 0 Å². The molecule has 0 N–H and O–H groups in total. The number of rotatable bonds is 2. The molecular formula is C8H10N2O. The highest BCUT2D eigenvalue weighted by atomic mass is 16.5. The summed E-state index contributed by atoms with van der Waals surface area (Å²) in [5, 5.41) is 3.66. The number of aromatic nitrogens is 2. The fourth-order valence-electron chi connectivity index (χ4n) is 0.736. The second-order valence-corrected chi connectivity index (χ2v) is 2.16. The number of nitrogens with zero attached hydrogens (tertiary/aromatic N) is 2. The summed E-state index contributed by atoms with van der Waals surface area (Å²) in [6, 6.07) is 0. The van der Waals surface area contributed by atoms with E-state index in [1.54, 1.807) is 6.92 Å². The van der Waals surface area contributed by atoms with E-state index in [2.05, 4.69) is 22.0 Å². The van der Waals surface area contributed by atoms with Gasteiger partial charge >= 0.3 is 0 Å². The molecule has 0 aliphatic carbocycles. The topological polar surface area (TPSA) is 38.9 Å². The van der Waals surface area contributed by atoms with E-state index >= 15 is 0 Å². The Kier molecular flexibility index (Phi) is 2.67. The van der Waals surface area contributed by atoms with Crippen molar-refractivity contribution < 1.29 is 4.52 Å². The molecule has 1 heterocycles. The molecule has 58 valence electrons. The molecule has 0 saturated heterocycles. The van der Waals surface area contributed by atoms with Gasteiger partial charge in [0.15, 0.2) is 5.82 Å². The Labute approximate surface area is 65.8 Å². The molecule has 0 unspecified atom stereocenters. The third-order valence-electron chi connectivity index (χ3n) is 1.21. The number of aryl methyl sites for hydroxylation is 2. The minimum absolute atomic E-state index is 0.672. The molecule has 0 aliphatic rings. The molecule has 1 aromatic rings. The fourth-order valence-corrected chi connectivity index (χ4v) is 0.736. The number of hydrogen-bond acceptors (Lipinski definition) is 3. The molecule has 0 amide bonds. The quantitative estimate of drug-likeness (QED) is 0.597. The summed E-state index contributed by atoms with van der Waals surface area (Å²) in [6.07, 6.45) is 1.54. The van der Waals surface area contributed by atoms with Gasteiger partial charge in [-0.3, -0.25) is 0 Å². The van der Waals surface area contributed by atoms with Crippen LogP contribution in [0.1, 0.15) is 25.1 Å². The first kappa shape index (κ1) is 7.80. The summed E-state index contributed by atoms with van der Waals surface area (Å²) < 4.78 is 4.88. The van der Waals surface area contributed by atoms with Crippen molar-refractivity contribution >= 4 is 0 Å². The molecule has 0 radical (unpaired) electrons. The highest BCUT2D eigenvalue weighted by Crippen LogP contribution is 1.98. The van der Waals surface area contributed by atoms with Crippen LogP contribution in [0.3, 0.4) is 0 Å². The Morgan fingerprint density at radius 3 is 2.91 bits per heavy atom.